The van der Waals surface area contributed by atoms with Gasteiger partial charge >= 0.3 is 0 Å². The van der Waals surface area contributed by atoms with Gasteiger partial charge in [0.05, 0.1) is 30.2 Å². The summed E-state index contributed by atoms with van der Waals surface area (Å²) in [4.78, 5) is 19.5. The molecular weight excluding hydrogens is 332 g/mol. The Hall–Kier alpha value is -1.44. The molecule has 7 nitrogen and oxygen atoms in total. The zero-order valence-corrected chi connectivity index (χ0v) is 15.9. The number of carbonyl (C=O) groups is 1. The third-order valence-corrected chi connectivity index (χ3v) is 5.41. The number of imidazole rings is 1. The molecule has 26 heavy (non-hydrogen) atoms. The first-order chi connectivity index (χ1) is 12.4. The second kappa shape index (κ2) is 10.0. The van der Waals surface area contributed by atoms with E-state index in [9.17, 15) is 15.0 Å². The Labute approximate surface area is 155 Å². The fourth-order valence-corrected chi connectivity index (χ4v) is 3.71. The molecule has 1 aromatic rings. The number of aliphatic hydroxyl groups excluding tert-OH is 2. The van der Waals surface area contributed by atoms with Gasteiger partial charge in [-0.25, -0.2) is 4.98 Å². The van der Waals surface area contributed by atoms with Gasteiger partial charge in [-0.3, -0.25) is 4.79 Å². The largest absolute Gasteiger partial charge is 0.390 e. The molecule has 0 bridgehead atoms. The van der Waals surface area contributed by atoms with E-state index in [1.54, 1.807) is 12.5 Å². The topological polar surface area (TPSA) is 124 Å². The summed E-state index contributed by atoms with van der Waals surface area (Å²) < 4.78 is 0. The van der Waals surface area contributed by atoms with Crippen molar-refractivity contribution in [2.45, 2.75) is 83.1 Å². The summed E-state index contributed by atoms with van der Waals surface area (Å²) in [5.41, 5.74) is 6.74. The van der Waals surface area contributed by atoms with Gasteiger partial charge in [-0.1, -0.05) is 46.0 Å². The Bertz CT molecular complexity index is 529. The number of H-pyrrole nitrogens is 1. The minimum absolute atomic E-state index is 0.0894. The Balaban J connectivity index is 1.99. The monoisotopic (exact) mass is 366 g/mol. The lowest BCUT2D eigenvalue weighted by Gasteiger charge is -2.33. The summed E-state index contributed by atoms with van der Waals surface area (Å²) in [5, 5.41) is 23.9. The van der Waals surface area contributed by atoms with Crippen molar-refractivity contribution in [1.82, 2.24) is 15.3 Å². The van der Waals surface area contributed by atoms with Crippen molar-refractivity contribution in [2.24, 2.45) is 17.6 Å². The lowest BCUT2D eigenvalue weighted by molar-refractivity contribution is -0.125. The van der Waals surface area contributed by atoms with Crippen LogP contribution in [0.2, 0.25) is 0 Å². The molecule has 0 spiro atoms. The number of hydrogen-bond acceptors (Lipinski definition) is 5. The Morgan fingerprint density at radius 1 is 1.31 bits per heavy atom. The number of aliphatic hydroxyl groups is 2. The highest BCUT2D eigenvalue weighted by molar-refractivity contribution is 5.82. The smallest absolute Gasteiger partial charge is 0.237 e. The quantitative estimate of drug-likeness (QED) is 0.448. The lowest BCUT2D eigenvalue weighted by atomic mass is 9.82. The summed E-state index contributed by atoms with van der Waals surface area (Å²) in [6.07, 6.45) is 8.22. The zero-order valence-electron chi connectivity index (χ0n) is 15.9. The molecule has 1 saturated carbocycles. The molecule has 0 unspecified atom stereocenters. The molecule has 0 aromatic carbocycles. The summed E-state index contributed by atoms with van der Waals surface area (Å²) in [6.45, 7) is 3.72. The number of hydrogen-bond donors (Lipinski definition) is 5. The van der Waals surface area contributed by atoms with Crippen molar-refractivity contribution >= 4 is 5.91 Å². The third kappa shape index (κ3) is 6.07. The van der Waals surface area contributed by atoms with Crippen LogP contribution in [0.25, 0.3) is 0 Å². The van der Waals surface area contributed by atoms with Gasteiger partial charge in [0.15, 0.2) is 0 Å². The van der Waals surface area contributed by atoms with Crippen LogP contribution in [0, 0.1) is 11.8 Å². The molecule has 1 aliphatic rings. The molecule has 7 heteroatoms. The van der Waals surface area contributed by atoms with Crippen molar-refractivity contribution in [2.75, 3.05) is 0 Å². The van der Waals surface area contributed by atoms with E-state index in [4.69, 9.17) is 5.73 Å². The average molecular weight is 367 g/mol. The molecule has 1 aromatic heterocycles. The molecule has 1 aliphatic carbocycles. The highest BCUT2D eigenvalue weighted by atomic mass is 16.3. The number of amides is 1. The van der Waals surface area contributed by atoms with Crippen molar-refractivity contribution < 1.29 is 15.0 Å². The van der Waals surface area contributed by atoms with Crippen molar-refractivity contribution in [1.29, 1.82) is 0 Å². The number of carbonyl (C=O) groups excluding carboxylic acids is 1. The Morgan fingerprint density at radius 3 is 2.58 bits per heavy atom. The van der Waals surface area contributed by atoms with E-state index in [2.05, 4.69) is 15.3 Å². The van der Waals surface area contributed by atoms with Crippen LogP contribution in [0.3, 0.4) is 0 Å². The van der Waals surface area contributed by atoms with E-state index in [0.29, 0.717) is 18.8 Å². The number of nitrogens with two attached hydrogens (primary N) is 1. The first-order valence-electron chi connectivity index (χ1n) is 9.78. The maximum absolute atomic E-state index is 12.6. The second-order valence-corrected chi connectivity index (χ2v) is 7.95. The van der Waals surface area contributed by atoms with Crippen molar-refractivity contribution in [3.8, 4) is 0 Å². The molecule has 0 aliphatic heterocycles. The van der Waals surface area contributed by atoms with Gasteiger partial charge in [-0.15, -0.1) is 0 Å². The fourth-order valence-electron chi connectivity index (χ4n) is 3.71. The van der Waals surface area contributed by atoms with Gasteiger partial charge < -0.3 is 26.2 Å². The van der Waals surface area contributed by atoms with Crippen LogP contribution in [-0.4, -0.2) is 50.4 Å². The van der Waals surface area contributed by atoms with Gasteiger partial charge in [0, 0.05) is 12.6 Å². The molecule has 0 radical (unpaired) electrons. The van der Waals surface area contributed by atoms with E-state index >= 15 is 0 Å². The summed E-state index contributed by atoms with van der Waals surface area (Å²) in [5.74, 6) is 0.0583. The van der Waals surface area contributed by atoms with E-state index in [0.717, 1.165) is 18.5 Å². The normalized spacial score (nSPS) is 20.5. The molecule has 2 rings (SSSR count). The predicted octanol–water partition coefficient (Wildman–Crippen LogP) is 1.11. The Kier molecular flexibility index (Phi) is 8.06. The van der Waals surface area contributed by atoms with Gasteiger partial charge in [0.1, 0.15) is 6.10 Å². The first kappa shape index (κ1) is 20.9. The van der Waals surface area contributed by atoms with Gasteiger partial charge in [0.2, 0.25) is 5.91 Å². The number of nitrogens with zero attached hydrogens (tertiary/aromatic N) is 1. The van der Waals surface area contributed by atoms with Crippen molar-refractivity contribution in [3.63, 3.8) is 0 Å². The molecule has 1 amide bonds. The van der Waals surface area contributed by atoms with Crippen LogP contribution in [0.4, 0.5) is 0 Å². The van der Waals surface area contributed by atoms with Crippen molar-refractivity contribution in [3.05, 3.63) is 18.2 Å². The van der Waals surface area contributed by atoms with Gasteiger partial charge in [-0.05, 0) is 18.3 Å². The lowest BCUT2D eigenvalue weighted by Crippen LogP contribution is -2.54. The molecule has 0 saturated heterocycles. The fraction of sp³-hybridized carbons (Fsp3) is 0.789. The third-order valence-electron chi connectivity index (χ3n) is 5.41. The van der Waals surface area contributed by atoms with Crippen LogP contribution in [0.1, 0.15) is 58.1 Å². The van der Waals surface area contributed by atoms with Crippen LogP contribution in [0.5, 0.6) is 0 Å². The standard InChI is InChI=1S/C19H34N4O3/c1-12(2)17(24)18(25)16(8-13-6-4-3-5-7-13)23-19(26)15(20)9-14-10-21-11-22-14/h10-13,15-18,24-25H,3-9,20H2,1-2H3,(H,21,22)(H,23,26)/t15-,16+,17+,18-/m0/s1. The van der Waals surface area contributed by atoms with Crippen LogP contribution in [0.15, 0.2) is 12.5 Å². The average Bonchev–Trinajstić information content (AvgIpc) is 3.13. The minimum atomic E-state index is -1.00. The van der Waals surface area contributed by atoms with Crippen LogP contribution in [-0.2, 0) is 11.2 Å². The van der Waals surface area contributed by atoms with Gasteiger partial charge in [0.25, 0.3) is 0 Å². The molecule has 1 heterocycles. The number of aromatic amines is 1. The van der Waals surface area contributed by atoms with Crippen LogP contribution >= 0.6 is 0 Å². The summed E-state index contributed by atoms with van der Waals surface area (Å²) >= 11 is 0. The number of aromatic nitrogens is 2. The second-order valence-electron chi connectivity index (χ2n) is 7.95. The SMILES string of the molecule is CC(C)[C@@H](O)[C@@H](O)[C@@H](CC1CCCCC1)NC(=O)[C@@H](N)Cc1c[nH]cn1. The first-order valence-corrected chi connectivity index (χ1v) is 9.78. The number of nitrogens with one attached hydrogen (secondary N) is 2. The summed E-state index contributed by atoms with van der Waals surface area (Å²) in [7, 11) is 0. The van der Waals surface area contributed by atoms with Crippen LogP contribution < -0.4 is 11.1 Å². The molecule has 1 fully saturated rings. The highest BCUT2D eigenvalue weighted by Crippen LogP contribution is 2.29. The summed E-state index contributed by atoms with van der Waals surface area (Å²) in [6, 6.07) is -1.23. The minimum Gasteiger partial charge on any atom is -0.390 e. The van der Waals surface area contributed by atoms with E-state index < -0.39 is 24.3 Å². The maximum Gasteiger partial charge on any atom is 0.237 e. The molecule has 4 atom stereocenters. The zero-order chi connectivity index (χ0) is 19.1. The Morgan fingerprint density at radius 2 is 2.00 bits per heavy atom. The van der Waals surface area contributed by atoms with Gasteiger partial charge in [-0.2, -0.15) is 0 Å². The van der Waals surface area contributed by atoms with E-state index in [1.165, 1.54) is 19.3 Å². The molecule has 148 valence electrons. The van der Waals surface area contributed by atoms with E-state index in [1.807, 2.05) is 13.8 Å². The maximum atomic E-state index is 12.6. The molecular formula is C19H34N4O3. The highest BCUT2D eigenvalue weighted by Gasteiger charge is 2.33. The number of rotatable bonds is 9. The van der Waals surface area contributed by atoms with E-state index in [-0.39, 0.29) is 11.8 Å². The molecule has 6 N–H and O–H groups in total. The predicted molar refractivity (Wildman–Crippen MR) is 100 cm³/mol.